The molecule has 2 aromatic rings. The second-order valence-electron chi connectivity index (χ2n) is 7.45. The van der Waals surface area contributed by atoms with Gasteiger partial charge in [-0.2, -0.15) is 0 Å². The summed E-state index contributed by atoms with van der Waals surface area (Å²) < 4.78 is 16.7. The number of rotatable bonds is 4. The van der Waals surface area contributed by atoms with Crippen LogP contribution in [0.25, 0.3) is 0 Å². The van der Waals surface area contributed by atoms with Gasteiger partial charge in [-0.25, -0.2) is 4.99 Å². The first-order valence-corrected chi connectivity index (χ1v) is 9.27. The van der Waals surface area contributed by atoms with Crippen molar-refractivity contribution < 1.29 is 18.8 Å². The summed E-state index contributed by atoms with van der Waals surface area (Å²) in [7, 11) is -0.458. The van der Waals surface area contributed by atoms with Gasteiger partial charge >= 0.3 is 13.1 Å². The first-order chi connectivity index (χ1) is 13.2. The van der Waals surface area contributed by atoms with Gasteiger partial charge in [0.2, 0.25) is 0 Å². The monoisotopic (exact) mass is 400 g/mol. The Morgan fingerprint density at radius 3 is 2.43 bits per heavy atom. The molecule has 0 unspecified atom stereocenters. The fourth-order valence-corrected chi connectivity index (χ4v) is 2.97. The Bertz CT molecular complexity index is 890. The summed E-state index contributed by atoms with van der Waals surface area (Å²) in [6.45, 7) is 6.74. The summed E-state index contributed by atoms with van der Waals surface area (Å²) in [6.07, 6.45) is 0. The van der Waals surface area contributed by atoms with Gasteiger partial charge < -0.3 is 19.8 Å². The number of carbonyl (C=O) groups excluding carboxylic acids is 1. The second-order valence-corrected chi connectivity index (χ2v) is 7.81. The Kier molecular flexibility index (Phi) is 6.08. The Hall–Kier alpha value is -2.35. The molecule has 0 spiro atoms. The number of aliphatic imine (C=N–C) groups is 1. The van der Waals surface area contributed by atoms with E-state index in [0.717, 1.165) is 5.46 Å². The van der Waals surface area contributed by atoms with Crippen LogP contribution in [0.3, 0.4) is 0 Å². The molecule has 0 atom stereocenters. The lowest BCUT2D eigenvalue weighted by Gasteiger charge is -2.33. The molecule has 0 bridgehead atoms. The minimum Gasteiger partial charge on any atom is -0.427 e. The highest BCUT2D eigenvalue weighted by Gasteiger charge is 2.33. The molecule has 2 N–H and O–H groups in total. The largest absolute Gasteiger partial charge is 0.493 e. The molecule has 3 rings (SSSR count). The molecular weight excluding hydrogens is 378 g/mol. The SMILES string of the molecule is CC(=O)Oc1ccc(N=C(Cl)c2cc(B3OCC(C)(C)CO3)ccc2N)cc1. The third kappa shape index (κ3) is 5.13. The number of anilines is 1. The number of hydrogen-bond acceptors (Lipinski definition) is 6. The number of ether oxygens (including phenoxy) is 1. The van der Waals surface area contributed by atoms with Crippen LogP contribution >= 0.6 is 11.6 Å². The molecular formula is C20H22BClN2O4. The molecule has 2 aromatic carbocycles. The molecule has 146 valence electrons. The highest BCUT2D eigenvalue weighted by atomic mass is 35.5. The van der Waals surface area contributed by atoms with Gasteiger partial charge in [-0.1, -0.05) is 37.6 Å². The van der Waals surface area contributed by atoms with Crippen molar-refractivity contribution in [2.45, 2.75) is 20.8 Å². The van der Waals surface area contributed by atoms with E-state index in [9.17, 15) is 4.79 Å². The summed E-state index contributed by atoms with van der Waals surface area (Å²) in [5, 5.41) is 0.246. The summed E-state index contributed by atoms with van der Waals surface area (Å²) in [5.41, 5.74) is 8.62. The lowest BCUT2D eigenvalue weighted by atomic mass is 9.75. The van der Waals surface area contributed by atoms with Crippen LogP contribution in [-0.4, -0.2) is 31.5 Å². The zero-order chi connectivity index (χ0) is 20.3. The standard InChI is InChI=1S/C20H22BClN2O4/c1-13(25)28-16-7-5-15(6-8-16)24-19(22)17-10-14(4-9-18(17)23)21-26-11-20(2,3)12-27-21/h4-10H,11-12,23H2,1-3H3. The Morgan fingerprint density at radius 1 is 1.18 bits per heavy atom. The van der Waals surface area contributed by atoms with E-state index in [2.05, 4.69) is 18.8 Å². The van der Waals surface area contributed by atoms with Gasteiger partial charge in [-0.05, 0) is 35.8 Å². The Balaban J connectivity index is 1.80. The number of benzene rings is 2. The number of halogens is 1. The molecule has 1 aliphatic heterocycles. The normalized spacial score (nSPS) is 16.7. The summed E-state index contributed by atoms with van der Waals surface area (Å²) in [6, 6.07) is 12.2. The van der Waals surface area contributed by atoms with Gasteiger partial charge in [0.25, 0.3) is 0 Å². The number of carbonyl (C=O) groups is 1. The summed E-state index contributed by atoms with van der Waals surface area (Å²) in [5.74, 6) is 0.0630. The van der Waals surface area contributed by atoms with Gasteiger partial charge in [0.05, 0.1) is 5.69 Å². The molecule has 0 aliphatic carbocycles. The first-order valence-electron chi connectivity index (χ1n) is 8.89. The topological polar surface area (TPSA) is 83.1 Å². The molecule has 1 fully saturated rings. The van der Waals surface area contributed by atoms with Gasteiger partial charge in [0.1, 0.15) is 10.9 Å². The van der Waals surface area contributed by atoms with E-state index >= 15 is 0 Å². The fourth-order valence-electron chi connectivity index (χ4n) is 2.71. The van der Waals surface area contributed by atoms with E-state index in [1.54, 1.807) is 30.3 Å². The highest BCUT2D eigenvalue weighted by molar-refractivity contribution is 6.71. The van der Waals surface area contributed by atoms with Crippen molar-refractivity contribution in [3.8, 4) is 5.75 Å². The molecule has 6 nitrogen and oxygen atoms in total. The number of nitrogen functional groups attached to an aromatic ring is 1. The van der Waals surface area contributed by atoms with Crippen molar-refractivity contribution in [1.82, 2.24) is 0 Å². The van der Waals surface area contributed by atoms with Crippen LogP contribution < -0.4 is 15.9 Å². The number of esters is 1. The average Bonchev–Trinajstić information content (AvgIpc) is 2.63. The number of nitrogens with zero attached hydrogens (tertiary/aromatic N) is 1. The third-order valence-corrected chi connectivity index (χ3v) is 4.44. The maximum atomic E-state index is 11.0. The fraction of sp³-hybridized carbons (Fsp3) is 0.300. The number of nitrogens with two attached hydrogens (primary N) is 1. The van der Waals surface area contributed by atoms with E-state index in [-0.39, 0.29) is 16.6 Å². The minimum atomic E-state index is -0.458. The van der Waals surface area contributed by atoms with Crippen molar-refractivity contribution in [2.75, 3.05) is 18.9 Å². The maximum Gasteiger partial charge on any atom is 0.493 e. The third-order valence-electron chi connectivity index (χ3n) is 4.15. The molecule has 1 aliphatic rings. The average molecular weight is 401 g/mol. The van der Waals surface area contributed by atoms with Crippen LogP contribution in [0.2, 0.25) is 0 Å². The first kappa shape index (κ1) is 20.4. The van der Waals surface area contributed by atoms with Crippen molar-refractivity contribution in [3.05, 3.63) is 48.0 Å². The maximum absolute atomic E-state index is 11.0. The molecule has 0 amide bonds. The van der Waals surface area contributed by atoms with Gasteiger partial charge in [-0.15, -0.1) is 0 Å². The van der Waals surface area contributed by atoms with Gasteiger partial charge in [0, 0.05) is 36.8 Å². The van der Waals surface area contributed by atoms with Crippen LogP contribution in [0.5, 0.6) is 5.75 Å². The number of hydrogen-bond donors (Lipinski definition) is 1. The van der Waals surface area contributed by atoms with Crippen molar-refractivity contribution >= 4 is 46.7 Å². The van der Waals surface area contributed by atoms with Crippen molar-refractivity contribution in [3.63, 3.8) is 0 Å². The molecule has 0 radical (unpaired) electrons. The van der Waals surface area contributed by atoms with E-state index in [4.69, 9.17) is 31.4 Å². The smallest absolute Gasteiger partial charge is 0.427 e. The van der Waals surface area contributed by atoms with Gasteiger partial charge in [-0.3, -0.25) is 4.79 Å². The molecule has 28 heavy (non-hydrogen) atoms. The summed E-state index contributed by atoms with van der Waals surface area (Å²) >= 11 is 6.43. The zero-order valence-electron chi connectivity index (χ0n) is 16.1. The molecule has 8 heteroatoms. The Labute approximate surface area is 169 Å². The van der Waals surface area contributed by atoms with E-state index in [1.807, 2.05) is 12.1 Å². The quantitative estimate of drug-likeness (QED) is 0.280. The molecule has 0 aromatic heterocycles. The van der Waals surface area contributed by atoms with E-state index < -0.39 is 7.12 Å². The lowest BCUT2D eigenvalue weighted by Crippen LogP contribution is -2.47. The van der Waals surface area contributed by atoms with Crippen LogP contribution in [0, 0.1) is 5.41 Å². The highest BCUT2D eigenvalue weighted by Crippen LogP contribution is 2.24. The molecule has 0 saturated carbocycles. The second kappa shape index (κ2) is 8.35. The molecule has 1 heterocycles. The van der Waals surface area contributed by atoms with E-state index in [0.29, 0.717) is 35.9 Å². The van der Waals surface area contributed by atoms with Crippen molar-refractivity contribution in [1.29, 1.82) is 0 Å². The van der Waals surface area contributed by atoms with Crippen LogP contribution in [0.4, 0.5) is 11.4 Å². The van der Waals surface area contributed by atoms with Crippen LogP contribution in [0.1, 0.15) is 26.3 Å². The molecule has 1 saturated heterocycles. The summed E-state index contributed by atoms with van der Waals surface area (Å²) in [4.78, 5) is 15.4. The predicted molar refractivity (Wildman–Crippen MR) is 112 cm³/mol. The van der Waals surface area contributed by atoms with Gasteiger partial charge in [0.15, 0.2) is 0 Å². The van der Waals surface area contributed by atoms with Crippen LogP contribution in [0.15, 0.2) is 47.5 Å². The van der Waals surface area contributed by atoms with Crippen LogP contribution in [-0.2, 0) is 14.1 Å². The Morgan fingerprint density at radius 2 is 1.82 bits per heavy atom. The van der Waals surface area contributed by atoms with Crippen molar-refractivity contribution in [2.24, 2.45) is 10.4 Å². The zero-order valence-corrected chi connectivity index (χ0v) is 16.8. The minimum absolute atomic E-state index is 0.00942. The lowest BCUT2D eigenvalue weighted by molar-refractivity contribution is -0.131. The van der Waals surface area contributed by atoms with E-state index in [1.165, 1.54) is 6.92 Å². The predicted octanol–water partition coefficient (Wildman–Crippen LogP) is 3.28.